The Morgan fingerprint density at radius 1 is 1.53 bits per heavy atom. The monoisotopic (exact) mass is 283 g/mol. The highest BCUT2D eigenvalue weighted by Gasteiger charge is 2.39. The summed E-state index contributed by atoms with van der Waals surface area (Å²) in [6.07, 6.45) is 5.76. The molecule has 1 aliphatic rings. The molecule has 0 saturated carbocycles. The average Bonchev–Trinajstić information content (AvgIpc) is 2.28. The molecule has 4 nitrogen and oxygen atoms in total. The molecule has 0 N–H and O–H groups in total. The number of nitrogens with zero attached hydrogens (tertiary/aromatic N) is 1. The zero-order valence-electron chi connectivity index (χ0n) is 12.7. The van der Waals surface area contributed by atoms with E-state index in [1.165, 1.54) is 0 Å². The first-order valence-electron chi connectivity index (χ1n) is 6.70. The van der Waals surface area contributed by atoms with E-state index in [1.54, 1.807) is 4.90 Å². The number of carbonyl (C=O) groups is 1. The number of terminal acetylenes is 1. The second kappa shape index (κ2) is 5.97. The molecule has 0 aliphatic carbocycles. The van der Waals surface area contributed by atoms with Gasteiger partial charge in [0.25, 0.3) is 0 Å². The minimum Gasteiger partial charge on any atom is -0.449 e. The molecule has 1 amide bonds. The zero-order valence-corrected chi connectivity index (χ0v) is 13.7. The lowest BCUT2D eigenvalue weighted by atomic mass is 10.2. The van der Waals surface area contributed by atoms with Crippen LogP contribution in [0.25, 0.3) is 0 Å². The van der Waals surface area contributed by atoms with Crippen LogP contribution in [-0.4, -0.2) is 45.1 Å². The van der Waals surface area contributed by atoms with E-state index in [4.69, 9.17) is 15.6 Å². The third-order valence-electron chi connectivity index (χ3n) is 4.06. The van der Waals surface area contributed by atoms with Gasteiger partial charge < -0.3 is 9.16 Å². The maximum Gasteiger partial charge on any atom is 0.410 e. The summed E-state index contributed by atoms with van der Waals surface area (Å²) in [5.74, 6) is 2.51. The standard InChI is InChI=1S/C14H25NO3Si/c1-7-9-15-12(8-10-17-13(15)16)11-18-19(5,6)14(2,3)4/h1,12H,8-11H2,2-6H3/t12-/m1/s1. The van der Waals surface area contributed by atoms with Crippen molar-refractivity contribution in [2.24, 2.45) is 0 Å². The van der Waals surface area contributed by atoms with Crippen molar-refractivity contribution in [3.63, 3.8) is 0 Å². The van der Waals surface area contributed by atoms with Gasteiger partial charge in [-0.2, -0.15) is 0 Å². The molecule has 108 valence electrons. The second-order valence-corrected chi connectivity index (χ2v) is 11.3. The van der Waals surface area contributed by atoms with Crippen molar-refractivity contribution in [3.8, 4) is 12.3 Å². The molecule has 1 atom stereocenters. The van der Waals surface area contributed by atoms with Gasteiger partial charge in [-0.3, -0.25) is 4.90 Å². The molecule has 1 heterocycles. The van der Waals surface area contributed by atoms with Crippen LogP contribution in [0.5, 0.6) is 0 Å². The van der Waals surface area contributed by atoms with Crippen molar-refractivity contribution in [1.29, 1.82) is 0 Å². The van der Waals surface area contributed by atoms with E-state index in [1.807, 2.05) is 0 Å². The van der Waals surface area contributed by atoms with E-state index in [0.29, 0.717) is 13.2 Å². The molecule has 1 fully saturated rings. The fourth-order valence-electron chi connectivity index (χ4n) is 1.66. The Morgan fingerprint density at radius 3 is 2.68 bits per heavy atom. The van der Waals surface area contributed by atoms with Gasteiger partial charge in [-0.15, -0.1) is 6.42 Å². The molecular weight excluding hydrogens is 258 g/mol. The molecule has 0 aromatic carbocycles. The van der Waals surface area contributed by atoms with Crippen LogP contribution in [0, 0.1) is 12.3 Å². The topological polar surface area (TPSA) is 38.8 Å². The Labute approximate surface area is 117 Å². The fraction of sp³-hybridized carbons (Fsp3) is 0.786. The molecule has 0 aromatic rings. The molecule has 0 spiro atoms. The normalized spacial score (nSPS) is 20.9. The highest BCUT2D eigenvalue weighted by molar-refractivity contribution is 6.74. The van der Waals surface area contributed by atoms with Crippen molar-refractivity contribution in [3.05, 3.63) is 0 Å². The summed E-state index contributed by atoms with van der Waals surface area (Å²) in [6.45, 7) is 12.3. The van der Waals surface area contributed by atoms with Crippen molar-refractivity contribution in [2.45, 2.75) is 51.4 Å². The van der Waals surface area contributed by atoms with Gasteiger partial charge in [0.15, 0.2) is 8.32 Å². The SMILES string of the molecule is C#CCN1C(=O)OCC[C@@H]1CO[Si](C)(C)C(C)(C)C. The first-order valence-corrected chi connectivity index (χ1v) is 9.60. The number of rotatable bonds is 4. The van der Waals surface area contributed by atoms with Gasteiger partial charge >= 0.3 is 6.09 Å². The molecule has 0 radical (unpaired) electrons. The highest BCUT2D eigenvalue weighted by atomic mass is 28.4. The number of hydrogen-bond donors (Lipinski definition) is 0. The van der Waals surface area contributed by atoms with Crippen LogP contribution in [0.2, 0.25) is 18.1 Å². The smallest absolute Gasteiger partial charge is 0.410 e. The van der Waals surface area contributed by atoms with Crippen LogP contribution in [0.3, 0.4) is 0 Å². The predicted octanol–water partition coefficient (Wildman–Crippen LogP) is 2.85. The zero-order chi connectivity index (χ0) is 14.7. The van der Waals surface area contributed by atoms with E-state index in [-0.39, 0.29) is 23.7 Å². The largest absolute Gasteiger partial charge is 0.449 e. The molecule has 1 aliphatic heterocycles. The number of hydrogen-bond acceptors (Lipinski definition) is 3. The molecule has 1 saturated heterocycles. The van der Waals surface area contributed by atoms with Crippen LogP contribution in [0.1, 0.15) is 27.2 Å². The van der Waals surface area contributed by atoms with Gasteiger partial charge in [-0.05, 0) is 18.1 Å². The molecule has 0 unspecified atom stereocenters. The fourth-order valence-corrected chi connectivity index (χ4v) is 2.70. The lowest BCUT2D eigenvalue weighted by molar-refractivity contribution is 0.0332. The van der Waals surface area contributed by atoms with Crippen LogP contribution in [0.4, 0.5) is 4.79 Å². The Hall–Kier alpha value is -0.993. The lowest BCUT2D eigenvalue weighted by Crippen LogP contribution is -2.51. The van der Waals surface area contributed by atoms with E-state index < -0.39 is 8.32 Å². The molecule has 5 heteroatoms. The number of amides is 1. The van der Waals surface area contributed by atoms with E-state index >= 15 is 0 Å². The molecule has 1 rings (SSSR count). The minimum atomic E-state index is -1.79. The third kappa shape index (κ3) is 3.98. The highest BCUT2D eigenvalue weighted by Crippen LogP contribution is 2.36. The number of ether oxygens (including phenoxy) is 1. The Kier molecular flexibility index (Phi) is 5.05. The van der Waals surface area contributed by atoms with Gasteiger partial charge in [-0.1, -0.05) is 26.7 Å². The molecular formula is C14H25NO3Si. The maximum absolute atomic E-state index is 11.7. The average molecular weight is 283 g/mol. The van der Waals surface area contributed by atoms with Crippen LogP contribution in [-0.2, 0) is 9.16 Å². The first kappa shape index (κ1) is 16.1. The van der Waals surface area contributed by atoms with Gasteiger partial charge in [-0.25, -0.2) is 4.79 Å². The van der Waals surface area contributed by atoms with Gasteiger partial charge in [0, 0.05) is 6.42 Å². The summed E-state index contributed by atoms with van der Waals surface area (Å²) in [5, 5.41) is 0.166. The lowest BCUT2D eigenvalue weighted by Gasteiger charge is -2.40. The van der Waals surface area contributed by atoms with Crippen LogP contribution >= 0.6 is 0 Å². The van der Waals surface area contributed by atoms with Gasteiger partial charge in [0.05, 0.1) is 25.8 Å². The summed E-state index contributed by atoms with van der Waals surface area (Å²) in [5.41, 5.74) is 0. The third-order valence-corrected chi connectivity index (χ3v) is 8.56. The Bertz CT molecular complexity index is 368. The summed E-state index contributed by atoms with van der Waals surface area (Å²) in [6, 6.07) is 0.0337. The number of carbonyl (C=O) groups excluding carboxylic acids is 1. The maximum atomic E-state index is 11.7. The predicted molar refractivity (Wildman–Crippen MR) is 78.4 cm³/mol. The van der Waals surface area contributed by atoms with Crippen molar-refractivity contribution < 1.29 is 14.0 Å². The quantitative estimate of drug-likeness (QED) is 0.588. The van der Waals surface area contributed by atoms with E-state index in [0.717, 1.165) is 6.42 Å². The van der Waals surface area contributed by atoms with Crippen molar-refractivity contribution in [1.82, 2.24) is 4.90 Å². The van der Waals surface area contributed by atoms with Crippen molar-refractivity contribution >= 4 is 14.4 Å². The molecule has 19 heavy (non-hydrogen) atoms. The summed E-state index contributed by atoms with van der Waals surface area (Å²) >= 11 is 0. The number of cyclic esters (lactones) is 1. The van der Waals surface area contributed by atoms with Crippen LogP contribution in [0.15, 0.2) is 0 Å². The summed E-state index contributed by atoms with van der Waals surface area (Å²) in [4.78, 5) is 13.3. The Morgan fingerprint density at radius 2 is 2.16 bits per heavy atom. The van der Waals surface area contributed by atoms with Gasteiger partial charge in [0.2, 0.25) is 0 Å². The first-order chi connectivity index (χ1) is 8.69. The summed E-state index contributed by atoms with van der Waals surface area (Å²) in [7, 11) is -1.79. The van der Waals surface area contributed by atoms with Crippen LogP contribution < -0.4 is 0 Å². The summed E-state index contributed by atoms with van der Waals surface area (Å²) < 4.78 is 11.2. The van der Waals surface area contributed by atoms with E-state index in [9.17, 15) is 4.79 Å². The minimum absolute atomic E-state index is 0.0337. The molecule has 0 bridgehead atoms. The van der Waals surface area contributed by atoms with Crippen molar-refractivity contribution in [2.75, 3.05) is 19.8 Å². The van der Waals surface area contributed by atoms with Gasteiger partial charge in [0.1, 0.15) is 0 Å². The second-order valence-electron chi connectivity index (χ2n) is 6.46. The molecule has 0 aromatic heterocycles. The van der Waals surface area contributed by atoms with E-state index in [2.05, 4.69) is 39.8 Å². The Balaban J connectivity index is 2.65.